The Labute approximate surface area is 161 Å². The fourth-order valence-electron chi connectivity index (χ4n) is 3.93. The highest BCUT2D eigenvalue weighted by Gasteiger charge is 2.56. The molecule has 0 radical (unpaired) electrons. The number of carbonyl (C=O) groups excluding carboxylic acids is 3. The third-order valence-electron chi connectivity index (χ3n) is 5.50. The predicted molar refractivity (Wildman–Crippen MR) is 99.8 cm³/mol. The second-order valence-electron chi connectivity index (χ2n) is 7.50. The maximum absolute atomic E-state index is 13.1. The summed E-state index contributed by atoms with van der Waals surface area (Å²) < 4.78 is 16.6. The third-order valence-corrected chi connectivity index (χ3v) is 5.50. The Kier molecular flexibility index (Phi) is 8.32. The summed E-state index contributed by atoms with van der Waals surface area (Å²) in [7, 11) is 0. The van der Waals surface area contributed by atoms with Crippen LogP contribution in [0.3, 0.4) is 0 Å². The molecule has 6 heteroatoms. The molecule has 0 aromatic rings. The fourth-order valence-corrected chi connectivity index (χ4v) is 3.93. The minimum atomic E-state index is -1.61. The van der Waals surface area contributed by atoms with Gasteiger partial charge >= 0.3 is 17.9 Å². The van der Waals surface area contributed by atoms with E-state index in [0.717, 1.165) is 57.4 Å². The van der Waals surface area contributed by atoms with E-state index in [1.807, 2.05) is 6.92 Å². The van der Waals surface area contributed by atoms with Crippen molar-refractivity contribution in [1.82, 2.24) is 0 Å². The van der Waals surface area contributed by atoms with Crippen LogP contribution >= 0.6 is 0 Å². The zero-order valence-electron chi connectivity index (χ0n) is 16.4. The van der Waals surface area contributed by atoms with Gasteiger partial charge in [0.2, 0.25) is 5.60 Å². The molecule has 0 N–H and O–H groups in total. The molecule has 2 aliphatic carbocycles. The molecule has 152 valence electrons. The molecule has 0 bridgehead atoms. The molecule has 0 aromatic heterocycles. The Morgan fingerprint density at radius 2 is 1.78 bits per heavy atom. The van der Waals surface area contributed by atoms with Gasteiger partial charge < -0.3 is 14.2 Å². The second-order valence-corrected chi connectivity index (χ2v) is 7.50. The number of rotatable bonds is 8. The van der Waals surface area contributed by atoms with Crippen LogP contribution in [0.1, 0.15) is 77.6 Å². The quantitative estimate of drug-likeness (QED) is 0.275. The van der Waals surface area contributed by atoms with Crippen LogP contribution in [-0.4, -0.2) is 36.2 Å². The van der Waals surface area contributed by atoms with Gasteiger partial charge in [0.05, 0.1) is 6.61 Å². The van der Waals surface area contributed by atoms with Crippen LogP contribution in [0.4, 0.5) is 0 Å². The molecule has 2 aliphatic rings. The standard InChI is InChI=1S/C21H32O6/c1-3-5-15-25-19(23)17-13-9-10-14-21(17,27-18(22)4-2)20(24)26-16-11-7-6-8-12-16/h4,16-17H,2-3,5-15H2,1H3. The van der Waals surface area contributed by atoms with Gasteiger partial charge in [-0.1, -0.05) is 32.8 Å². The van der Waals surface area contributed by atoms with E-state index in [1.54, 1.807) is 0 Å². The topological polar surface area (TPSA) is 78.9 Å². The van der Waals surface area contributed by atoms with E-state index in [-0.39, 0.29) is 12.5 Å². The first-order chi connectivity index (χ1) is 13.0. The zero-order chi connectivity index (χ0) is 19.7. The van der Waals surface area contributed by atoms with E-state index < -0.39 is 29.4 Å². The van der Waals surface area contributed by atoms with E-state index in [9.17, 15) is 14.4 Å². The van der Waals surface area contributed by atoms with Crippen LogP contribution in [0.2, 0.25) is 0 Å². The Hall–Kier alpha value is -1.85. The molecule has 0 aromatic carbocycles. The Balaban J connectivity index is 2.21. The molecule has 2 atom stereocenters. The van der Waals surface area contributed by atoms with Crippen molar-refractivity contribution in [2.45, 2.75) is 89.3 Å². The minimum Gasteiger partial charge on any atom is -0.465 e. The molecule has 0 heterocycles. The van der Waals surface area contributed by atoms with Crippen molar-refractivity contribution >= 4 is 17.9 Å². The fraction of sp³-hybridized carbons (Fsp3) is 0.762. The molecular formula is C21H32O6. The SMILES string of the molecule is C=CC(=O)OC1(C(=O)OC2CCCCC2)CCCCC1C(=O)OCCCC. The molecule has 0 amide bonds. The highest BCUT2D eigenvalue weighted by Crippen LogP contribution is 2.40. The van der Waals surface area contributed by atoms with E-state index in [4.69, 9.17) is 14.2 Å². The normalized spacial score (nSPS) is 26.0. The van der Waals surface area contributed by atoms with Crippen LogP contribution in [0, 0.1) is 5.92 Å². The van der Waals surface area contributed by atoms with E-state index in [0.29, 0.717) is 19.4 Å². The number of carbonyl (C=O) groups is 3. The molecular weight excluding hydrogens is 348 g/mol. The number of unbranched alkanes of at least 4 members (excludes halogenated alkanes) is 1. The van der Waals surface area contributed by atoms with Gasteiger partial charge in [0.25, 0.3) is 0 Å². The van der Waals surface area contributed by atoms with E-state index >= 15 is 0 Å². The van der Waals surface area contributed by atoms with Crippen molar-refractivity contribution in [2.75, 3.05) is 6.61 Å². The molecule has 2 saturated carbocycles. The van der Waals surface area contributed by atoms with Gasteiger partial charge in [-0.05, 0) is 51.4 Å². The van der Waals surface area contributed by atoms with Crippen LogP contribution in [0.25, 0.3) is 0 Å². The largest absolute Gasteiger partial charge is 0.465 e. The average Bonchev–Trinajstić information content (AvgIpc) is 2.69. The lowest BCUT2D eigenvalue weighted by molar-refractivity contribution is -0.202. The summed E-state index contributed by atoms with van der Waals surface area (Å²) in [6.45, 7) is 5.73. The lowest BCUT2D eigenvalue weighted by atomic mass is 9.74. The maximum atomic E-state index is 13.1. The first kappa shape index (κ1) is 21.5. The molecule has 2 unspecified atom stereocenters. The molecule has 6 nitrogen and oxygen atoms in total. The summed E-state index contributed by atoms with van der Waals surface area (Å²) in [4.78, 5) is 37.9. The monoisotopic (exact) mass is 380 g/mol. The van der Waals surface area contributed by atoms with Crippen molar-refractivity contribution < 1.29 is 28.6 Å². The second kappa shape index (κ2) is 10.5. The summed E-state index contributed by atoms with van der Waals surface area (Å²) in [5, 5.41) is 0. The molecule has 0 aliphatic heterocycles. The van der Waals surface area contributed by atoms with E-state index in [2.05, 4.69) is 6.58 Å². The van der Waals surface area contributed by atoms with Crippen molar-refractivity contribution in [3.05, 3.63) is 12.7 Å². The van der Waals surface area contributed by atoms with Crippen molar-refractivity contribution in [1.29, 1.82) is 0 Å². The Bertz CT molecular complexity index is 537. The summed E-state index contributed by atoms with van der Waals surface area (Å²) in [5.41, 5.74) is -1.61. The van der Waals surface area contributed by atoms with Crippen molar-refractivity contribution in [3.8, 4) is 0 Å². The Morgan fingerprint density at radius 3 is 2.44 bits per heavy atom. The first-order valence-corrected chi connectivity index (χ1v) is 10.3. The van der Waals surface area contributed by atoms with Gasteiger partial charge in [0, 0.05) is 6.08 Å². The minimum absolute atomic E-state index is 0.177. The highest BCUT2D eigenvalue weighted by molar-refractivity contribution is 5.92. The number of esters is 3. The molecule has 2 fully saturated rings. The molecule has 27 heavy (non-hydrogen) atoms. The summed E-state index contributed by atoms with van der Waals surface area (Å²) in [6.07, 6.45) is 9.44. The lowest BCUT2D eigenvalue weighted by Gasteiger charge is -2.40. The van der Waals surface area contributed by atoms with Crippen LogP contribution in [-0.2, 0) is 28.6 Å². The van der Waals surface area contributed by atoms with E-state index in [1.165, 1.54) is 0 Å². The molecule has 2 rings (SSSR count). The predicted octanol–water partition coefficient (Wildman–Crippen LogP) is 3.86. The van der Waals surface area contributed by atoms with Gasteiger partial charge in [0.1, 0.15) is 12.0 Å². The molecule has 0 spiro atoms. The van der Waals surface area contributed by atoms with Gasteiger partial charge in [-0.2, -0.15) is 0 Å². The number of ether oxygens (including phenoxy) is 3. The summed E-state index contributed by atoms with van der Waals surface area (Å²) in [6, 6.07) is 0. The van der Waals surface area contributed by atoms with Crippen molar-refractivity contribution in [3.63, 3.8) is 0 Å². The van der Waals surface area contributed by atoms with Crippen molar-refractivity contribution in [2.24, 2.45) is 5.92 Å². The third kappa shape index (κ3) is 5.56. The zero-order valence-corrected chi connectivity index (χ0v) is 16.4. The van der Waals surface area contributed by atoms with Gasteiger partial charge in [-0.3, -0.25) is 4.79 Å². The van der Waals surface area contributed by atoms with Crippen LogP contribution in [0.5, 0.6) is 0 Å². The highest BCUT2D eigenvalue weighted by atomic mass is 16.6. The first-order valence-electron chi connectivity index (χ1n) is 10.3. The summed E-state index contributed by atoms with van der Waals surface area (Å²) in [5.74, 6) is -2.64. The lowest BCUT2D eigenvalue weighted by Crippen LogP contribution is -2.56. The van der Waals surface area contributed by atoms with Crippen LogP contribution < -0.4 is 0 Å². The summed E-state index contributed by atoms with van der Waals surface area (Å²) >= 11 is 0. The average molecular weight is 380 g/mol. The van der Waals surface area contributed by atoms with Gasteiger partial charge in [0.15, 0.2) is 0 Å². The van der Waals surface area contributed by atoms with Gasteiger partial charge in [-0.25, -0.2) is 9.59 Å². The Morgan fingerprint density at radius 1 is 1.07 bits per heavy atom. The maximum Gasteiger partial charge on any atom is 0.351 e. The molecule has 0 saturated heterocycles. The van der Waals surface area contributed by atoms with Crippen LogP contribution in [0.15, 0.2) is 12.7 Å². The number of hydrogen-bond donors (Lipinski definition) is 0. The number of hydrogen-bond acceptors (Lipinski definition) is 6. The van der Waals surface area contributed by atoms with Gasteiger partial charge in [-0.15, -0.1) is 0 Å². The smallest absolute Gasteiger partial charge is 0.351 e.